The molecule has 0 atom stereocenters. The average molecular weight is 365 g/mol. The zero-order valence-corrected chi connectivity index (χ0v) is 14.0. The van der Waals surface area contributed by atoms with Gasteiger partial charge in [0.2, 0.25) is 11.8 Å². The summed E-state index contributed by atoms with van der Waals surface area (Å²) >= 11 is 11.7. The number of benzene rings is 1. The summed E-state index contributed by atoms with van der Waals surface area (Å²) in [5, 5.41) is 7.22. The summed E-state index contributed by atoms with van der Waals surface area (Å²) in [6.45, 7) is 0.312. The van der Waals surface area contributed by atoms with Crippen molar-refractivity contribution in [1.82, 2.24) is 15.7 Å². The molecule has 2 aromatic rings. The number of nitrogens with zero attached hydrogens (tertiary/aromatic N) is 2. The van der Waals surface area contributed by atoms with E-state index in [1.807, 2.05) is 6.07 Å². The number of aromatic nitrogens is 1. The average Bonchev–Trinajstić information content (AvgIpc) is 2.57. The van der Waals surface area contributed by atoms with Crippen LogP contribution in [0.5, 0.6) is 0 Å². The number of halogens is 2. The molecule has 0 unspecified atom stereocenters. The van der Waals surface area contributed by atoms with Crippen molar-refractivity contribution in [1.29, 1.82) is 0 Å². The van der Waals surface area contributed by atoms with Gasteiger partial charge in [-0.2, -0.15) is 5.10 Å². The van der Waals surface area contributed by atoms with Gasteiger partial charge in [-0.05, 0) is 29.3 Å². The molecule has 1 aromatic heterocycles. The minimum atomic E-state index is -0.519. The Bertz CT molecular complexity index is 751. The summed E-state index contributed by atoms with van der Waals surface area (Å²) in [6.07, 6.45) is 4.37. The van der Waals surface area contributed by atoms with Gasteiger partial charge < -0.3 is 5.32 Å². The second kappa shape index (κ2) is 9.00. The molecular weight excluding hydrogens is 351 g/mol. The maximum atomic E-state index is 11.7. The molecule has 0 saturated carbocycles. The lowest BCUT2D eigenvalue weighted by Crippen LogP contribution is -2.29. The van der Waals surface area contributed by atoms with Crippen molar-refractivity contribution >= 4 is 41.2 Å². The molecule has 2 amide bonds. The smallest absolute Gasteiger partial charge is 0.249 e. The molecule has 0 aliphatic heterocycles. The fraction of sp³-hybridized carbons (Fsp3) is 0.125. The molecule has 0 spiro atoms. The van der Waals surface area contributed by atoms with E-state index in [2.05, 4.69) is 20.8 Å². The fourth-order valence-electron chi connectivity index (χ4n) is 1.72. The van der Waals surface area contributed by atoms with Crippen LogP contribution in [0.1, 0.15) is 17.5 Å². The monoisotopic (exact) mass is 364 g/mol. The van der Waals surface area contributed by atoms with Gasteiger partial charge in [0.1, 0.15) is 6.42 Å². The first-order valence-corrected chi connectivity index (χ1v) is 7.73. The molecule has 0 saturated heterocycles. The molecule has 1 heterocycles. The molecule has 1 aromatic carbocycles. The zero-order valence-electron chi connectivity index (χ0n) is 12.5. The second-order valence-corrected chi connectivity index (χ2v) is 5.60. The van der Waals surface area contributed by atoms with Gasteiger partial charge in [-0.1, -0.05) is 35.3 Å². The van der Waals surface area contributed by atoms with Gasteiger partial charge in [-0.3, -0.25) is 14.6 Å². The highest BCUT2D eigenvalue weighted by atomic mass is 35.5. The van der Waals surface area contributed by atoms with Gasteiger partial charge in [0, 0.05) is 18.9 Å². The standard InChI is InChI=1S/C16H14Cl2N4O2/c17-13-4-3-11(6-14(13)18)10-21-22-16(24)7-15(23)20-9-12-2-1-5-19-8-12/h1-6,8,10H,7,9H2,(H,20,23)(H,22,24)/b21-10-. The van der Waals surface area contributed by atoms with Crippen molar-refractivity contribution in [2.24, 2.45) is 5.10 Å². The highest BCUT2D eigenvalue weighted by Gasteiger charge is 2.08. The van der Waals surface area contributed by atoms with Crippen LogP contribution in [0.15, 0.2) is 47.8 Å². The molecule has 8 heteroatoms. The Hall–Kier alpha value is -2.44. The van der Waals surface area contributed by atoms with Crippen LogP contribution in [0.3, 0.4) is 0 Å². The van der Waals surface area contributed by atoms with Gasteiger partial charge in [0.25, 0.3) is 0 Å². The molecule has 2 rings (SSSR count). The van der Waals surface area contributed by atoms with Crippen molar-refractivity contribution in [2.45, 2.75) is 13.0 Å². The van der Waals surface area contributed by atoms with Crippen molar-refractivity contribution in [2.75, 3.05) is 0 Å². The van der Waals surface area contributed by atoms with Gasteiger partial charge >= 0.3 is 0 Å². The Morgan fingerprint density at radius 2 is 2.00 bits per heavy atom. The molecule has 0 fully saturated rings. The highest BCUT2D eigenvalue weighted by Crippen LogP contribution is 2.21. The highest BCUT2D eigenvalue weighted by molar-refractivity contribution is 6.42. The van der Waals surface area contributed by atoms with E-state index in [4.69, 9.17) is 23.2 Å². The lowest BCUT2D eigenvalue weighted by molar-refractivity contribution is -0.129. The minimum absolute atomic E-state index is 0.312. The maximum absolute atomic E-state index is 11.7. The molecule has 0 aliphatic rings. The van der Waals surface area contributed by atoms with Crippen molar-refractivity contribution < 1.29 is 9.59 Å². The zero-order chi connectivity index (χ0) is 17.4. The summed E-state index contributed by atoms with van der Waals surface area (Å²) in [5.41, 5.74) is 3.80. The van der Waals surface area contributed by atoms with Crippen LogP contribution < -0.4 is 10.7 Å². The van der Waals surface area contributed by atoms with E-state index < -0.39 is 11.8 Å². The first kappa shape index (κ1) is 17.9. The number of nitrogens with one attached hydrogen (secondary N) is 2. The molecule has 6 nitrogen and oxygen atoms in total. The first-order chi connectivity index (χ1) is 11.5. The van der Waals surface area contributed by atoms with E-state index >= 15 is 0 Å². The molecular formula is C16H14Cl2N4O2. The molecule has 2 N–H and O–H groups in total. The van der Waals surface area contributed by atoms with Gasteiger partial charge in [-0.15, -0.1) is 0 Å². The quantitative estimate of drug-likeness (QED) is 0.469. The van der Waals surface area contributed by atoms with Crippen molar-refractivity contribution in [3.63, 3.8) is 0 Å². The van der Waals surface area contributed by atoms with E-state index in [1.54, 1.807) is 36.7 Å². The molecule has 24 heavy (non-hydrogen) atoms. The molecule has 0 radical (unpaired) electrons. The van der Waals surface area contributed by atoms with Crippen LogP contribution in [-0.2, 0) is 16.1 Å². The number of hydrogen-bond acceptors (Lipinski definition) is 4. The summed E-state index contributed by atoms with van der Waals surface area (Å²) in [7, 11) is 0. The largest absolute Gasteiger partial charge is 0.352 e. The number of carbonyl (C=O) groups is 2. The lowest BCUT2D eigenvalue weighted by Gasteiger charge is -2.04. The Kier molecular flexibility index (Phi) is 6.72. The number of hydrazone groups is 1. The van der Waals surface area contributed by atoms with Crippen LogP contribution in [0.2, 0.25) is 10.0 Å². The van der Waals surface area contributed by atoms with Crippen LogP contribution in [-0.4, -0.2) is 23.0 Å². The number of amides is 2. The summed E-state index contributed by atoms with van der Waals surface area (Å²) in [6, 6.07) is 8.53. The van der Waals surface area contributed by atoms with Gasteiger partial charge in [0.15, 0.2) is 0 Å². The first-order valence-electron chi connectivity index (χ1n) is 6.97. The normalized spacial score (nSPS) is 10.6. The Balaban J connectivity index is 1.75. The minimum Gasteiger partial charge on any atom is -0.352 e. The van der Waals surface area contributed by atoms with Gasteiger partial charge in [-0.25, -0.2) is 5.43 Å². The van der Waals surface area contributed by atoms with E-state index in [0.717, 1.165) is 5.56 Å². The Labute approximate surface area is 148 Å². The fourth-order valence-corrected chi connectivity index (χ4v) is 2.03. The molecule has 124 valence electrons. The lowest BCUT2D eigenvalue weighted by atomic mass is 10.2. The summed E-state index contributed by atoms with van der Waals surface area (Å²) in [5.74, 6) is -0.920. The summed E-state index contributed by atoms with van der Waals surface area (Å²) < 4.78 is 0. The van der Waals surface area contributed by atoms with Crippen LogP contribution in [0, 0.1) is 0 Å². The topological polar surface area (TPSA) is 83.5 Å². The second-order valence-electron chi connectivity index (χ2n) is 4.78. The van der Waals surface area contributed by atoms with Crippen molar-refractivity contribution in [3.05, 3.63) is 63.9 Å². The molecule has 0 bridgehead atoms. The predicted molar refractivity (Wildman–Crippen MR) is 92.9 cm³/mol. The van der Waals surface area contributed by atoms with Crippen LogP contribution >= 0.6 is 23.2 Å². The third-order valence-corrected chi connectivity index (χ3v) is 3.62. The van der Waals surface area contributed by atoms with Crippen molar-refractivity contribution in [3.8, 4) is 0 Å². The van der Waals surface area contributed by atoms with E-state index in [1.165, 1.54) is 6.21 Å². The Morgan fingerprint density at radius 1 is 1.17 bits per heavy atom. The van der Waals surface area contributed by atoms with Crippen LogP contribution in [0.25, 0.3) is 0 Å². The van der Waals surface area contributed by atoms with Gasteiger partial charge in [0.05, 0.1) is 16.3 Å². The summed E-state index contributed by atoms with van der Waals surface area (Å²) in [4.78, 5) is 27.2. The Morgan fingerprint density at radius 3 is 2.71 bits per heavy atom. The van der Waals surface area contributed by atoms with Crippen LogP contribution in [0.4, 0.5) is 0 Å². The third-order valence-electron chi connectivity index (χ3n) is 2.88. The van der Waals surface area contributed by atoms with E-state index in [9.17, 15) is 9.59 Å². The number of carbonyl (C=O) groups excluding carboxylic acids is 2. The number of pyridine rings is 1. The predicted octanol–water partition coefficient (Wildman–Crippen LogP) is 2.55. The SMILES string of the molecule is O=C(CC(=O)N/N=C\c1ccc(Cl)c(Cl)c1)NCc1cccnc1. The molecule has 0 aliphatic carbocycles. The third kappa shape index (κ3) is 5.98. The number of rotatable bonds is 6. The van der Waals surface area contributed by atoms with E-state index in [-0.39, 0.29) is 6.42 Å². The van der Waals surface area contributed by atoms with E-state index in [0.29, 0.717) is 22.2 Å². The number of hydrogen-bond donors (Lipinski definition) is 2. The maximum Gasteiger partial charge on any atom is 0.249 e.